The standard InChI is InChI=1S/C20H29NO2/c1-3-5-7-9-14-20(23)21-18(12-8-6-4-2)16-15-17-11-10-13-19(17)22/h3,5-6,8,10,13,15,18H,4,7,9,11-12,14,16H2,1-2H3,(H,21,23)/b5-3-,8-6-,17-15+. The summed E-state index contributed by atoms with van der Waals surface area (Å²) in [4.78, 5) is 23.7. The third-order valence-corrected chi connectivity index (χ3v) is 3.77. The van der Waals surface area contributed by atoms with E-state index in [1.54, 1.807) is 6.08 Å². The van der Waals surface area contributed by atoms with Crippen LogP contribution in [0.25, 0.3) is 0 Å². The van der Waals surface area contributed by atoms with Gasteiger partial charge in [0.2, 0.25) is 5.91 Å². The molecule has 0 aliphatic heterocycles. The van der Waals surface area contributed by atoms with Gasteiger partial charge in [-0.3, -0.25) is 9.59 Å². The lowest BCUT2D eigenvalue weighted by molar-refractivity contribution is -0.121. The Labute approximate surface area is 140 Å². The van der Waals surface area contributed by atoms with E-state index in [4.69, 9.17) is 0 Å². The summed E-state index contributed by atoms with van der Waals surface area (Å²) in [5, 5.41) is 3.10. The highest BCUT2D eigenvalue weighted by Gasteiger charge is 2.13. The van der Waals surface area contributed by atoms with Crippen molar-refractivity contribution in [3.63, 3.8) is 0 Å². The van der Waals surface area contributed by atoms with Crippen molar-refractivity contribution in [2.45, 2.75) is 64.8 Å². The SMILES string of the molecule is C/C=C\CCCC(=O)NC(C/C=C\CC)C/C=C1\CC=CC1=O. The van der Waals surface area contributed by atoms with Crippen molar-refractivity contribution in [1.82, 2.24) is 5.32 Å². The molecule has 0 heterocycles. The third-order valence-electron chi connectivity index (χ3n) is 3.77. The fraction of sp³-hybridized carbons (Fsp3) is 0.500. The van der Waals surface area contributed by atoms with Gasteiger partial charge in [0.05, 0.1) is 0 Å². The Morgan fingerprint density at radius 1 is 1.30 bits per heavy atom. The number of hydrogen-bond donors (Lipinski definition) is 1. The zero-order chi connectivity index (χ0) is 16.9. The Morgan fingerprint density at radius 3 is 2.78 bits per heavy atom. The number of rotatable bonds is 10. The Bertz CT molecular complexity index is 498. The molecule has 0 saturated heterocycles. The number of ketones is 1. The van der Waals surface area contributed by atoms with Gasteiger partial charge in [0.25, 0.3) is 0 Å². The maximum Gasteiger partial charge on any atom is 0.220 e. The van der Waals surface area contributed by atoms with Crippen molar-refractivity contribution in [1.29, 1.82) is 0 Å². The summed E-state index contributed by atoms with van der Waals surface area (Å²) in [6.45, 7) is 4.08. The lowest BCUT2D eigenvalue weighted by atomic mass is 10.0. The fourth-order valence-electron chi connectivity index (χ4n) is 2.46. The molecule has 3 nitrogen and oxygen atoms in total. The summed E-state index contributed by atoms with van der Waals surface area (Å²) in [7, 11) is 0. The Kier molecular flexibility index (Phi) is 9.69. The van der Waals surface area contributed by atoms with Crippen LogP contribution in [-0.2, 0) is 9.59 Å². The van der Waals surface area contributed by atoms with Gasteiger partial charge in [-0.15, -0.1) is 0 Å². The van der Waals surface area contributed by atoms with Crippen LogP contribution >= 0.6 is 0 Å². The molecule has 1 amide bonds. The van der Waals surface area contributed by atoms with Gasteiger partial charge in [-0.1, -0.05) is 43.4 Å². The van der Waals surface area contributed by atoms with Crippen LogP contribution in [0.1, 0.15) is 58.8 Å². The van der Waals surface area contributed by atoms with E-state index < -0.39 is 0 Å². The predicted octanol–water partition coefficient (Wildman–Crippen LogP) is 4.42. The van der Waals surface area contributed by atoms with Gasteiger partial charge < -0.3 is 5.32 Å². The summed E-state index contributed by atoms with van der Waals surface area (Å²) >= 11 is 0. The van der Waals surface area contributed by atoms with E-state index in [0.717, 1.165) is 31.3 Å². The average Bonchev–Trinajstić information content (AvgIpc) is 2.94. The summed E-state index contributed by atoms with van der Waals surface area (Å²) in [6, 6.07) is 0.0629. The molecule has 0 spiro atoms. The molecular formula is C20H29NO2. The largest absolute Gasteiger partial charge is 0.353 e. The van der Waals surface area contributed by atoms with Crippen LogP contribution in [0.15, 0.2) is 48.1 Å². The van der Waals surface area contributed by atoms with Crippen molar-refractivity contribution < 1.29 is 9.59 Å². The van der Waals surface area contributed by atoms with E-state index >= 15 is 0 Å². The van der Waals surface area contributed by atoms with Gasteiger partial charge in [0.1, 0.15) is 0 Å². The highest BCUT2D eigenvalue weighted by molar-refractivity contribution is 6.06. The Balaban J connectivity index is 2.49. The van der Waals surface area contributed by atoms with E-state index in [1.165, 1.54) is 0 Å². The maximum absolute atomic E-state index is 12.1. The molecule has 0 aromatic heterocycles. The van der Waals surface area contributed by atoms with E-state index in [9.17, 15) is 9.59 Å². The smallest absolute Gasteiger partial charge is 0.220 e. The van der Waals surface area contributed by atoms with Gasteiger partial charge in [-0.25, -0.2) is 0 Å². The number of carbonyl (C=O) groups excluding carboxylic acids is 2. The molecule has 126 valence electrons. The molecule has 0 aromatic carbocycles. The number of carbonyl (C=O) groups is 2. The molecule has 0 fully saturated rings. The second-order valence-electron chi connectivity index (χ2n) is 5.78. The van der Waals surface area contributed by atoms with Crippen molar-refractivity contribution in [2.24, 2.45) is 0 Å². The second kappa shape index (κ2) is 11.6. The second-order valence-corrected chi connectivity index (χ2v) is 5.78. The van der Waals surface area contributed by atoms with E-state index in [1.807, 2.05) is 25.2 Å². The average molecular weight is 315 g/mol. The first-order chi connectivity index (χ1) is 11.2. The van der Waals surface area contributed by atoms with Crippen molar-refractivity contribution >= 4 is 11.7 Å². The van der Waals surface area contributed by atoms with Crippen LogP contribution in [0.2, 0.25) is 0 Å². The number of unbranched alkanes of at least 4 members (excludes halogenated alkanes) is 1. The molecule has 0 saturated carbocycles. The molecule has 1 atom stereocenters. The van der Waals surface area contributed by atoms with E-state index in [2.05, 4.69) is 30.5 Å². The monoisotopic (exact) mass is 315 g/mol. The third kappa shape index (κ3) is 8.34. The van der Waals surface area contributed by atoms with Crippen LogP contribution < -0.4 is 5.32 Å². The molecule has 0 radical (unpaired) electrons. The van der Waals surface area contributed by atoms with Crippen LogP contribution in [0.4, 0.5) is 0 Å². The van der Waals surface area contributed by atoms with Gasteiger partial charge >= 0.3 is 0 Å². The first kappa shape index (κ1) is 19.1. The number of nitrogens with one attached hydrogen (secondary N) is 1. The predicted molar refractivity (Wildman–Crippen MR) is 96.1 cm³/mol. The molecule has 1 aliphatic carbocycles. The molecule has 1 rings (SSSR count). The Morgan fingerprint density at radius 2 is 2.13 bits per heavy atom. The van der Waals surface area contributed by atoms with Crippen molar-refractivity contribution in [3.8, 4) is 0 Å². The molecule has 1 N–H and O–H groups in total. The zero-order valence-electron chi connectivity index (χ0n) is 14.4. The minimum Gasteiger partial charge on any atom is -0.353 e. The molecule has 0 aromatic rings. The van der Waals surface area contributed by atoms with Gasteiger partial charge in [0.15, 0.2) is 5.78 Å². The quantitative estimate of drug-likeness (QED) is 0.368. The van der Waals surface area contributed by atoms with E-state index in [-0.39, 0.29) is 17.7 Å². The minimum absolute atomic E-state index is 0.0629. The number of amides is 1. The lowest BCUT2D eigenvalue weighted by Crippen LogP contribution is -2.34. The minimum atomic E-state index is 0.0629. The molecule has 3 heteroatoms. The Hall–Kier alpha value is -1.90. The molecule has 23 heavy (non-hydrogen) atoms. The highest BCUT2D eigenvalue weighted by Crippen LogP contribution is 2.15. The van der Waals surface area contributed by atoms with Crippen molar-refractivity contribution in [2.75, 3.05) is 0 Å². The summed E-state index contributed by atoms with van der Waals surface area (Å²) in [5.74, 6) is 0.198. The van der Waals surface area contributed by atoms with Gasteiger partial charge in [-0.2, -0.15) is 0 Å². The molecule has 1 aliphatic rings. The van der Waals surface area contributed by atoms with Crippen molar-refractivity contribution in [3.05, 3.63) is 48.1 Å². The topological polar surface area (TPSA) is 46.2 Å². The number of hydrogen-bond acceptors (Lipinski definition) is 2. The molecule has 1 unspecified atom stereocenters. The molecule has 0 bridgehead atoms. The fourth-order valence-corrected chi connectivity index (χ4v) is 2.46. The van der Waals surface area contributed by atoms with Gasteiger partial charge in [0, 0.05) is 12.5 Å². The normalized spacial score (nSPS) is 17.7. The summed E-state index contributed by atoms with van der Waals surface area (Å²) in [5.41, 5.74) is 0.844. The zero-order valence-corrected chi connectivity index (χ0v) is 14.4. The highest BCUT2D eigenvalue weighted by atomic mass is 16.1. The molecular weight excluding hydrogens is 286 g/mol. The van der Waals surface area contributed by atoms with Gasteiger partial charge in [-0.05, 0) is 57.1 Å². The number of allylic oxidation sites excluding steroid dienone is 6. The van der Waals surface area contributed by atoms with Crippen LogP contribution in [0.3, 0.4) is 0 Å². The summed E-state index contributed by atoms with van der Waals surface area (Å²) in [6.07, 6.45) is 19.4. The van der Waals surface area contributed by atoms with Crippen LogP contribution in [0, 0.1) is 0 Å². The summed E-state index contributed by atoms with van der Waals surface area (Å²) < 4.78 is 0. The van der Waals surface area contributed by atoms with Crippen LogP contribution in [0.5, 0.6) is 0 Å². The first-order valence-corrected chi connectivity index (χ1v) is 8.62. The van der Waals surface area contributed by atoms with Crippen LogP contribution in [-0.4, -0.2) is 17.7 Å². The van der Waals surface area contributed by atoms with E-state index in [0.29, 0.717) is 19.3 Å². The lowest BCUT2D eigenvalue weighted by Gasteiger charge is -2.16. The maximum atomic E-state index is 12.1. The first-order valence-electron chi connectivity index (χ1n) is 8.62.